The molecule has 0 aliphatic rings. The van der Waals surface area contributed by atoms with Crippen LogP contribution in [0, 0.1) is 20.8 Å². The number of hydrogen-bond acceptors (Lipinski definition) is 6. The number of amides is 2. The van der Waals surface area contributed by atoms with Crippen LogP contribution in [0.25, 0.3) is 0 Å². The third-order valence-corrected chi connectivity index (χ3v) is 3.82. The lowest BCUT2D eigenvalue weighted by atomic mass is 10.2. The molecule has 0 unspecified atom stereocenters. The number of thiocyanates is 1. The molecule has 126 valence electrons. The van der Waals surface area contributed by atoms with Crippen LogP contribution >= 0.6 is 23.4 Å². The van der Waals surface area contributed by atoms with Gasteiger partial charge in [-0.2, -0.15) is 5.26 Å². The Hall–Kier alpha value is -3.09. The average Bonchev–Trinajstić information content (AvgIpc) is 2.58. The first kappa shape index (κ1) is 18.3. The molecule has 0 spiro atoms. The van der Waals surface area contributed by atoms with Gasteiger partial charge >= 0.3 is 11.8 Å². The summed E-state index contributed by atoms with van der Waals surface area (Å²) in [6.45, 7) is 0. The van der Waals surface area contributed by atoms with Crippen molar-refractivity contribution in [1.29, 1.82) is 5.26 Å². The van der Waals surface area contributed by atoms with Crippen molar-refractivity contribution in [2.24, 2.45) is 0 Å². The van der Waals surface area contributed by atoms with E-state index in [1.165, 1.54) is 24.3 Å². The normalized spacial score (nSPS) is 9.76. The van der Waals surface area contributed by atoms with Gasteiger partial charge in [0, 0.05) is 22.7 Å². The number of hydrogen-bond donors (Lipinski definition) is 2. The smallest absolute Gasteiger partial charge is 0.314 e. The second-order valence-electron chi connectivity index (χ2n) is 4.55. The van der Waals surface area contributed by atoms with Crippen molar-refractivity contribution in [3.05, 3.63) is 57.6 Å². The fourth-order valence-corrected chi connectivity index (χ4v) is 2.29. The molecule has 2 N–H and O–H groups in total. The van der Waals surface area contributed by atoms with Crippen molar-refractivity contribution >= 4 is 52.2 Å². The highest BCUT2D eigenvalue weighted by atomic mass is 35.5. The summed E-state index contributed by atoms with van der Waals surface area (Å²) >= 11 is 6.82. The Labute approximate surface area is 150 Å². The van der Waals surface area contributed by atoms with Crippen LogP contribution in [0.15, 0.2) is 47.4 Å². The van der Waals surface area contributed by atoms with Gasteiger partial charge in [-0.15, -0.1) is 0 Å². The lowest BCUT2D eigenvalue weighted by Gasteiger charge is -2.08. The van der Waals surface area contributed by atoms with Crippen LogP contribution in [0.4, 0.5) is 17.1 Å². The van der Waals surface area contributed by atoms with E-state index in [1.807, 2.05) is 5.40 Å². The van der Waals surface area contributed by atoms with E-state index >= 15 is 0 Å². The Kier molecular flexibility index (Phi) is 5.94. The number of non-ortho nitro benzene ring substituents is 1. The van der Waals surface area contributed by atoms with Crippen molar-refractivity contribution in [3.8, 4) is 5.40 Å². The van der Waals surface area contributed by atoms with E-state index in [2.05, 4.69) is 10.6 Å². The lowest BCUT2D eigenvalue weighted by molar-refractivity contribution is -0.384. The standard InChI is InChI=1S/C15H9ClN4O4S/c16-12-6-3-10(20(23)24)7-13(12)19-15(22)14(21)18-9-1-4-11(5-2-9)25-8-17/h1-7H,(H,18,21)(H,19,22). The highest BCUT2D eigenvalue weighted by Crippen LogP contribution is 2.26. The number of nitriles is 1. The van der Waals surface area contributed by atoms with Gasteiger partial charge in [-0.05, 0) is 42.1 Å². The molecule has 0 aliphatic carbocycles. The van der Waals surface area contributed by atoms with Gasteiger partial charge in [-0.1, -0.05) is 11.6 Å². The fourth-order valence-electron chi connectivity index (χ4n) is 1.75. The minimum Gasteiger partial charge on any atom is -0.318 e. The summed E-state index contributed by atoms with van der Waals surface area (Å²) in [6, 6.07) is 9.77. The first-order valence-corrected chi connectivity index (χ1v) is 7.82. The van der Waals surface area contributed by atoms with Gasteiger partial charge in [0.1, 0.15) is 5.40 Å². The number of nitrogens with one attached hydrogen (secondary N) is 2. The third kappa shape index (κ3) is 4.94. The maximum Gasteiger partial charge on any atom is 0.314 e. The van der Waals surface area contributed by atoms with Gasteiger partial charge < -0.3 is 10.6 Å². The number of carbonyl (C=O) groups is 2. The van der Waals surface area contributed by atoms with Crippen LogP contribution < -0.4 is 10.6 Å². The summed E-state index contributed by atoms with van der Waals surface area (Å²) < 4.78 is 0. The van der Waals surface area contributed by atoms with Crippen LogP contribution in [0.5, 0.6) is 0 Å². The molecule has 2 rings (SSSR count). The Bertz CT molecular complexity index is 880. The summed E-state index contributed by atoms with van der Waals surface area (Å²) in [4.78, 5) is 34.6. The van der Waals surface area contributed by atoms with E-state index in [1.54, 1.807) is 12.1 Å². The summed E-state index contributed by atoms with van der Waals surface area (Å²) in [5.74, 6) is -2.00. The van der Waals surface area contributed by atoms with Gasteiger partial charge in [-0.3, -0.25) is 19.7 Å². The highest BCUT2D eigenvalue weighted by Gasteiger charge is 2.17. The number of nitro groups is 1. The van der Waals surface area contributed by atoms with Gasteiger partial charge in [0.25, 0.3) is 5.69 Å². The maximum atomic E-state index is 11.9. The molecule has 0 fully saturated rings. The van der Waals surface area contributed by atoms with Crippen LogP contribution in [0.1, 0.15) is 0 Å². The van der Waals surface area contributed by atoms with Crippen LogP contribution in [0.2, 0.25) is 5.02 Å². The first-order valence-electron chi connectivity index (χ1n) is 6.63. The second-order valence-corrected chi connectivity index (χ2v) is 5.81. The number of nitrogens with zero attached hydrogens (tertiary/aromatic N) is 2. The third-order valence-electron chi connectivity index (χ3n) is 2.89. The van der Waals surface area contributed by atoms with E-state index in [0.29, 0.717) is 10.6 Å². The number of carbonyl (C=O) groups excluding carboxylic acids is 2. The zero-order valence-corrected chi connectivity index (χ0v) is 13.9. The Balaban J connectivity index is 2.05. The molecule has 0 atom stereocenters. The zero-order chi connectivity index (χ0) is 18.4. The number of benzene rings is 2. The van der Waals surface area contributed by atoms with Crippen LogP contribution in [-0.2, 0) is 9.59 Å². The van der Waals surface area contributed by atoms with Gasteiger partial charge in [0.05, 0.1) is 15.6 Å². The molecule has 10 heteroatoms. The second kappa shape index (κ2) is 8.14. The fraction of sp³-hybridized carbons (Fsp3) is 0. The monoisotopic (exact) mass is 376 g/mol. The van der Waals surface area contributed by atoms with Crippen molar-refractivity contribution in [2.75, 3.05) is 10.6 Å². The molecule has 8 nitrogen and oxygen atoms in total. The molecular formula is C15H9ClN4O4S. The molecule has 2 aromatic carbocycles. The molecule has 0 bridgehead atoms. The predicted octanol–water partition coefficient (Wildman–Crippen LogP) is 3.40. The number of thioether (sulfide) groups is 1. The number of halogens is 1. The predicted molar refractivity (Wildman–Crippen MR) is 93.3 cm³/mol. The summed E-state index contributed by atoms with van der Waals surface area (Å²) in [7, 11) is 0. The quantitative estimate of drug-likeness (QED) is 0.277. The van der Waals surface area contributed by atoms with Crippen molar-refractivity contribution in [3.63, 3.8) is 0 Å². The van der Waals surface area contributed by atoms with Crippen LogP contribution in [0.3, 0.4) is 0 Å². The highest BCUT2D eigenvalue weighted by molar-refractivity contribution is 8.03. The van der Waals surface area contributed by atoms with Gasteiger partial charge in [0.2, 0.25) is 0 Å². The molecule has 2 aromatic rings. The molecule has 0 radical (unpaired) electrons. The van der Waals surface area contributed by atoms with E-state index in [-0.39, 0.29) is 16.4 Å². The molecule has 0 saturated carbocycles. The lowest BCUT2D eigenvalue weighted by Crippen LogP contribution is -2.29. The van der Waals surface area contributed by atoms with Gasteiger partial charge in [0.15, 0.2) is 0 Å². The minimum absolute atomic E-state index is 0.0446. The topological polar surface area (TPSA) is 125 Å². The van der Waals surface area contributed by atoms with E-state index in [4.69, 9.17) is 16.9 Å². The summed E-state index contributed by atoms with van der Waals surface area (Å²) in [5.41, 5.74) is 0.0371. The van der Waals surface area contributed by atoms with Crippen molar-refractivity contribution in [2.45, 2.75) is 4.90 Å². The minimum atomic E-state index is -1.03. The Morgan fingerprint density at radius 1 is 1.12 bits per heavy atom. The zero-order valence-electron chi connectivity index (χ0n) is 12.4. The van der Waals surface area contributed by atoms with E-state index in [9.17, 15) is 19.7 Å². The number of nitro benzene ring substituents is 1. The Morgan fingerprint density at radius 3 is 2.36 bits per heavy atom. The van der Waals surface area contributed by atoms with E-state index in [0.717, 1.165) is 17.8 Å². The molecule has 0 aromatic heterocycles. The largest absolute Gasteiger partial charge is 0.318 e. The molecule has 0 heterocycles. The molecule has 2 amide bonds. The van der Waals surface area contributed by atoms with Crippen molar-refractivity contribution < 1.29 is 14.5 Å². The summed E-state index contributed by atoms with van der Waals surface area (Å²) in [5, 5.41) is 25.9. The summed E-state index contributed by atoms with van der Waals surface area (Å²) in [6.07, 6.45) is 0. The first-order chi connectivity index (χ1) is 11.9. The Morgan fingerprint density at radius 2 is 1.76 bits per heavy atom. The molecule has 0 aliphatic heterocycles. The number of rotatable bonds is 4. The maximum absolute atomic E-state index is 11.9. The molecule has 0 saturated heterocycles. The van der Waals surface area contributed by atoms with Crippen LogP contribution in [-0.4, -0.2) is 16.7 Å². The van der Waals surface area contributed by atoms with Gasteiger partial charge in [-0.25, -0.2) is 0 Å². The number of anilines is 2. The molecule has 25 heavy (non-hydrogen) atoms. The SMILES string of the molecule is N#CSc1ccc(NC(=O)C(=O)Nc2cc([N+](=O)[O-])ccc2Cl)cc1. The van der Waals surface area contributed by atoms with E-state index < -0.39 is 16.7 Å². The molecular weight excluding hydrogens is 368 g/mol. The van der Waals surface area contributed by atoms with Crippen molar-refractivity contribution in [1.82, 2.24) is 0 Å². The average molecular weight is 377 g/mol.